The van der Waals surface area contributed by atoms with Crippen molar-refractivity contribution in [3.8, 4) is 33.4 Å². The molecule has 0 radical (unpaired) electrons. The third kappa shape index (κ3) is 7.02. The monoisotopic (exact) mass is 644 g/mol. The molecule has 2 heterocycles. The number of aromatic nitrogens is 1. The molecule has 9 rings (SSSR count). The molecule has 1 aliphatic rings. The highest BCUT2D eigenvalue weighted by atomic mass is 15.0. The van der Waals surface area contributed by atoms with Crippen LogP contribution in [0.4, 0.5) is 0 Å². The fourth-order valence-electron chi connectivity index (χ4n) is 6.57. The van der Waals surface area contributed by atoms with Gasteiger partial charge in [-0.1, -0.05) is 178 Å². The summed E-state index contributed by atoms with van der Waals surface area (Å²) in [6.45, 7) is 6.16. The third-order valence-electron chi connectivity index (χ3n) is 8.98. The van der Waals surface area contributed by atoms with Gasteiger partial charge in [0.2, 0.25) is 0 Å². The predicted octanol–water partition coefficient (Wildman–Crippen LogP) is 13.0. The summed E-state index contributed by atoms with van der Waals surface area (Å²) in [4.78, 5) is 9.25. The summed E-state index contributed by atoms with van der Waals surface area (Å²) in [5, 5.41) is 3.72. The van der Waals surface area contributed by atoms with Gasteiger partial charge in [-0.15, -0.1) is 0 Å². The van der Waals surface area contributed by atoms with Crippen LogP contribution >= 0.6 is 0 Å². The van der Waals surface area contributed by atoms with E-state index in [-0.39, 0.29) is 6.04 Å². The molecule has 0 bridgehead atoms. The molecule has 0 saturated carbocycles. The quantitative estimate of drug-likeness (QED) is 0.183. The molecule has 2 nitrogen and oxygen atoms in total. The number of nitrogens with zero attached hydrogens (tertiary/aromatic N) is 2. The molecule has 0 aliphatic carbocycles. The van der Waals surface area contributed by atoms with Gasteiger partial charge in [-0.25, -0.2) is 0 Å². The van der Waals surface area contributed by atoms with Crippen LogP contribution in [0.3, 0.4) is 0 Å². The molecule has 0 amide bonds. The first-order valence-corrected chi connectivity index (χ1v) is 17.4. The minimum Gasteiger partial charge on any atom is -0.272 e. The van der Waals surface area contributed by atoms with Crippen molar-refractivity contribution in [3.63, 3.8) is 0 Å². The van der Waals surface area contributed by atoms with Crippen LogP contribution < -0.4 is 0 Å². The number of para-hydroxylation sites is 1. The summed E-state index contributed by atoms with van der Waals surface area (Å²) in [7, 11) is 0. The Hall–Kier alpha value is -6.12. The lowest BCUT2D eigenvalue weighted by Gasteiger charge is -2.12. The molecular formula is C48H40N2. The number of hydrogen-bond acceptors (Lipinski definition) is 2. The maximum absolute atomic E-state index is 4.64. The number of rotatable bonds is 5. The van der Waals surface area contributed by atoms with Crippen molar-refractivity contribution < 1.29 is 0 Å². The van der Waals surface area contributed by atoms with Crippen LogP contribution in [-0.4, -0.2) is 10.7 Å². The number of pyridine rings is 1. The van der Waals surface area contributed by atoms with Gasteiger partial charge >= 0.3 is 0 Å². The summed E-state index contributed by atoms with van der Waals surface area (Å²) < 4.78 is 0. The van der Waals surface area contributed by atoms with Crippen molar-refractivity contribution in [2.45, 2.75) is 26.8 Å². The molecule has 1 aliphatic heterocycles. The van der Waals surface area contributed by atoms with E-state index in [1.165, 1.54) is 71.9 Å². The Labute approximate surface area is 295 Å². The first-order chi connectivity index (χ1) is 24.7. The molecule has 0 fully saturated rings. The highest BCUT2D eigenvalue weighted by molar-refractivity contribution is 6.13. The zero-order valence-corrected chi connectivity index (χ0v) is 28.8. The maximum Gasteiger partial charge on any atom is 0.118 e. The van der Waals surface area contributed by atoms with Gasteiger partial charge in [-0.05, 0) is 74.3 Å². The van der Waals surface area contributed by atoms with Crippen LogP contribution in [0, 0.1) is 6.92 Å². The van der Waals surface area contributed by atoms with Gasteiger partial charge in [-0.3, -0.25) is 9.98 Å². The fourth-order valence-corrected chi connectivity index (χ4v) is 6.57. The van der Waals surface area contributed by atoms with Crippen LogP contribution in [0.5, 0.6) is 0 Å². The second kappa shape index (κ2) is 15.0. The number of benzene rings is 7. The van der Waals surface area contributed by atoms with E-state index in [1.807, 2.05) is 38.2 Å². The highest BCUT2D eigenvalue weighted by Crippen LogP contribution is 2.36. The Kier molecular flexibility index (Phi) is 9.71. The number of aliphatic imine (C=N–C) groups is 1. The summed E-state index contributed by atoms with van der Waals surface area (Å²) >= 11 is 0. The molecule has 2 heteroatoms. The lowest BCUT2D eigenvalue weighted by Crippen LogP contribution is -1.93. The normalized spacial score (nSPS) is 13.0. The summed E-state index contributed by atoms with van der Waals surface area (Å²) in [6, 6.07) is 62.3. The Morgan fingerprint density at radius 1 is 0.440 bits per heavy atom. The Balaban J connectivity index is 0.000000154. The van der Waals surface area contributed by atoms with Crippen LogP contribution in [0.25, 0.3) is 55.1 Å². The SMILES string of the molecule is CC.Cc1cc(-c2cccc3ccccc23)cc(-c2cccc3cccnc23)c1.c1ccc(-c2ccc(C3=NC3c3ccccc3)cc2)cc1. The standard InChI is InChI=1S/C26H19N.C20H15N.C2H6/c1-18-15-21(24-12-4-8-19-7-2-3-11-23(19)24)17-22(16-18)25-13-5-9-20-10-6-14-27-26(20)25;1-3-7-15(8-4-1)16-11-13-18(14-12-16)20-19(21-20)17-9-5-2-6-10-17;1-2/h2-17H,1H3;1-14,19H;1-2H3. The van der Waals surface area contributed by atoms with Crippen molar-refractivity contribution in [2.24, 2.45) is 4.99 Å². The molecule has 242 valence electrons. The van der Waals surface area contributed by atoms with Gasteiger partial charge in [0.25, 0.3) is 0 Å². The minimum absolute atomic E-state index is 0.258. The van der Waals surface area contributed by atoms with Gasteiger partial charge in [0.05, 0.1) is 11.2 Å². The average molecular weight is 645 g/mol. The molecule has 50 heavy (non-hydrogen) atoms. The highest BCUT2D eigenvalue weighted by Gasteiger charge is 2.30. The molecule has 0 saturated heterocycles. The van der Waals surface area contributed by atoms with Crippen LogP contribution in [0.15, 0.2) is 187 Å². The zero-order chi connectivity index (χ0) is 34.3. The van der Waals surface area contributed by atoms with E-state index < -0.39 is 0 Å². The lowest BCUT2D eigenvalue weighted by molar-refractivity contribution is 1.13. The lowest BCUT2D eigenvalue weighted by atomic mass is 9.93. The van der Waals surface area contributed by atoms with Gasteiger partial charge in [-0.2, -0.15) is 0 Å². The van der Waals surface area contributed by atoms with Crippen molar-refractivity contribution in [1.82, 2.24) is 4.98 Å². The minimum atomic E-state index is 0.258. The molecular weight excluding hydrogens is 605 g/mol. The van der Waals surface area contributed by atoms with E-state index in [2.05, 4.69) is 175 Å². The number of fused-ring (bicyclic) bond motifs is 2. The second-order valence-corrected chi connectivity index (χ2v) is 12.3. The van der Waals surface area contributed by atoms with E-state index in [0.717, 1.165) is 5.52 Å². The smallest absolute Gasteiger partial charge is 0.118 e. The number of hydrogen-bond donors (Lipinski definition) is 0. The van der Waals surface area contributed by atoms with E-state index in [1.54, 1.807) is 0 Å². The van der Waals surface area contributed by atoms with Crippen molar-refractivity contribution >= 4 is 27.4 Å². The van der Waals surface area contributed by atoms with E-state index >= 15 is 0 Å². The zero-order valence-electron chi connectivity index (χ0n) is 28.8. The van der Waals surface area contributed by atoms with Crippen LogP contribution in [0.1, 0.15) is 36.6 Å². The molecule has 8 aromatic rings. The Morgan fingerprint density at radius 3 is 1.76 bits per heavy atom. The largest absolute Gasteiger partial charge is 0.272 e. The van der Waals surface area contributed by atoms with Gasteiger partial charge in [0, 0.05) is 17.1 Å². The van der Waals surface area contributed by atoms with Crippen LogP contribution in [0.2, 0.25) is 0 Å². The first kappa shape index (κ1) is 32.4. The van der Waals surface area contributed by atoms with Crippen molar-refractivity contribution in [3.05, 3.63) is 199 Å². The van der Waals surface area contributed by atoms with E-state index in [4.69, 9.17) is 0 Å². The van der Waals surface area contributed by atoms with Gasteiger partial charge < -0.3 is 0 Å². The van der Waals surface area contributed by atoms with E-state index in [9.17, 15) is 0 Å². The molecule has 1 atom stereocenters. The van der Waals surface area contributed by atoms with Gasteiger partial charge in [0.1, 0.15) is 6.04 Å². The average Bonchev–Trinajstić information content (AvgIpc) is 4.00. The second-order valence-electron chi connectivity index (χ2n) is 12.3. The van der Waals surface area contributed by atoms with Crippen LogP contribution in [-0.2, 0) is 0 Å². The fraction of sp³-hybridized carbons (Fsp3) is 0.0833. The first-order valence-electron chi connectivity index (χ1n) is 17.4. The maximum atomic E-state index is 4.64. The summed E-state index contributed by atoms with van der Waals surface area (Å²) in [6.07, 6.45) is 1.87. The number of aryl methyl sites for hydroxylation is 1. The Bertz CT molecular complexity index is 2280. The topological polar surface area (TPSA) is 25.2 Å². The Morgan fingerprint density at radius 2 is 1.00 bits per heavy atom. The summed E-state index contributed by atoms with van der Waals surface area (Å²) in [5.41, 5.74) is 13.4. The predicted molar refractivity (Wildman–Crippen MR) is 214 cm³/mol. The molecule has 1 unspecified atom stereocenters. The van der Waals surface area contributed by atoms with Crippen molar-refractivity contribution in [2.75, 3.05) is 0 Å². The van der Waals surface area contributed by atoms with Crippen molar-refractivity contribution in [1.29, 1.82) is 0 Å². The molecule has 1 aromatic heterocycles. The third-order valence-corrected chi connectivity index (χ3v) is 8.98. The van der Waals surface area contributed by atoms with E-state index in [0.29, 0.717) is 0 Å². The molecule has 0 N–H and O–H groups in total. The molecule has 7 aromatic carbocycles. The van der Waals surface area contributed by atoms with Gasteiger partial charge in [0.15, 0.2) is 0 Å². The summed E-state index contributed by atoms with van der Waals surface area (Å²) in [5.74, 6) is 0. The molecule has 0 spiro atoms.